The number of rotatable bonds is 2. The highest BCUT2D eigenvalue weighted by molar-refractivity contribution is 7.45. The van der Waals surface area contributed by atoms with Crippen LogP contribution in [0.2, 0.25) is 0 Å². The summed E-state index contributed by atoms with van der Waals surface area (Å²) in [7, 11) is -4.64. The van der Waals surface area contributed by atoms with Crippen LogP contribution in [0.3, 0.4) is 0 Å². The van der Waals surface area contributed by atoms with Crippen LogP contribution in [0.25, 0.3) is 0 Å². The quantitative estimate of drug-likeness (QED) is 0.402. The average Bonchev–Trinajstić information content (AvgIpc) is 1.63. The van der Waals surface area contributed by atoms with Gasteiger partial charge in [-0.3, -0.25) is 0 Å². The molecule has 0 fully saturated rings. The van der Waals surface area contributed by atoms with Gasteiger partial charge in [-0.25, -0.2) is 4.57 Å². The molecule has 0 radical (unpaired) electrons. The van der Waals surface area contributed by atoms with Crippen molar-refractivity contribution in [1.82, 2.24) is 0 Å². The number of aldehydes is 1. The van der Waals surface area contributed by atoms with E-state index >= 15 is 0 Å². The first kappa shape index (κ1) is 12.5. The first-order chi connectivity index (χ1) is 4.41. The minimum Gasteiger partial charge on any atom is -0.303 e. The Morgan fingerprint density at radius 3 is 1.70 bits per heavy atom. The molecule has 0 aliphatic carbocycles. The molecule has 0 aromatic heterocycles. The molecule has 0 saturated heterocycles. The minimum absolute atomic E-state index is 0.708. The Hall–Kier alpha value is -0.220. The number of hydrogen-bond donors (Lipinski definition) is 3. The van der Waals surface area contributed by atoms with E-state index in [1.807, 2.05) is 6.92 Å². The third-order valence-electron chi connectivity index (χ3n) is 0.407. The second-order valence-corrected chi connectivity index (χ2v) is 2.50. The molecule has 0 amide bonds. The summed E-state index contributed by atoms with van der Waals surface area (Å²) in [6, 6.07) is 0. The van der Waals surface area contributed by atoms with Gasteiger partial charge in [0.2, 0.25) is 0 Å². The van der Waals surface area contributed by atoms with Crippen LogP contribution in [0, 0.1) is 0 Å². The number of carbonyl (C=O) groups excluding carboxylic acids is 1. The smallest absolute Gasteiger partial charge is 0.303 e. The molecular formula is C4H11O5P. The second-order valence-electron chi connectivity index (χ2n) is 1.47. The zero-order chi connectivity index (χ0) is 8.62. The zero-order valence-corrected chi connectivity index (χ0v) is 6.49. The van der Waals surface area contributed by atoms with E-state index in [1.165, 1.54) is 0 Å². The van der Waals surface area contributed by atoms with Crippen molar-refractivity contribution in [3.8, 4) is 0 Å². The zero-order valence-electron chi connectivity index (χ0n) is 5.60. The molecule has 0 atom stereocenters. The molecule has 0 bridgehead atoms. The molecule has 3 N–H and O–H groups in total. The maximum atomic E-state index is 9.40. The van der Waals surface area contributed by atoms with Crippen molar-refractivity contribution < 1.29 is 24.0 Å². The summed E-state index contributed by atoms with van der Waals surface area (Å²) in [5.41, 5.74) is 0. The standard InChI is InChI=1S/C4H8O.H3O4P/c1-2-3-4-5;1-5(2,3)4/h4H,2-3H2,1H3;(H3,1,2,3,4). The summed E-state index contributed by atoms with van der Waals surface area (Å²) >= 11 is 0. The first-order valence-corrected chi connectivity index (χ1v) is 4.20. The number of phosphoric acid groups is 1. The molecule has 0 heterocycles. The Morgan fingerprint density at radius 1 is 1.40 bits per heavy atom. The van der Waals surface area contributed by atoms with Crippen LogP contribution in [0.1, 0.15) is 19.8 Å². The lowest BCUT2D eigenvalue weighted by molar-refractivity contribution is -0.107. The second kappa shape index (κ2) is 6.89. The molecule has 0 aromatic carbocycles. The summed E-state index contributed by atoms with van der Waals surface area (Å²) in [5.74, 6) is 0. The van der Waals surface area contributed by atoms with E-state index in [0.29, 0.717) is 6.42 Å². The van der Waals surface area contributed by atoms with E-state index in [1.54, 1.807) is 0 Å². The summed E-state index contributed by atoms with van der Waals surface area (Å²) in [6.45, 7) is 1.98. The fraction of sp³-hybridized carbons (Fsp3) is 0.750. The predicted molar refractivity (Wildman–Crippen MR) is 35.2 cm³/mol. The molecule has 0 saturated carbocycles. The summed E-state index contributed by atoms with van der Waals surface area (Å²) < 4.78 is 8.88. The van der Waals surface area contributed by atoms with E-state index < -0.39 is 7.82 Å². The van der Waals surface area contributed by atoms with Crippen LogP contribution in [-0.2, 0) is 9.36 Å². The van der Waals surface area contributed by atoms with Gasteiger partial charge in [0.15, 0.2) is 0 Å². The molecule has 0 unspecified atom stereocenters. The fourth-order valence-electron chi connectivity index (χ4n) is 0.118. The molecular weight excluding hydrogens is 159 g/mol. The highest BCUT2D eigenvalue weighted by Crippen LogP contribution is 2.25. The van der Waals surface area contributed by atoms with E-state index in [-0.39, 0.29) is 0 Å². The van der Waals surface area contributed by atoms with Crippen molar-refractivity contribution >= 4 is 14.1 Å². The highest BCUT2D eigenvalue weighted by atomic mass is 31.2. The lowest BCUT2D eigenvalue weighted by Crippen LogP contribution is -1.66. The minimum atomic E-state index is -4.64. The van der Waals surface area contributed by atoms with E-state index in [0.717, 1.165) is 12.7 Å². The largest absolute Gasteiger partial charge is 0.466 e. The van der Waals surface area contributed by atoms with Crippen LogP contribution in [-0.4, -0.2) is 21.0 Å². The summed E-state index contributed by atoms with van der Waals surface area (Å²) in [5, 5.41) is 0. The number of unbranched alkanes of at least 4 members (excludes halogenated alkanes) is 1. The third kappa shape index (κ3) is 113. The van der Waals surface area contributed by atoms with Crippen molar-refractivity contribution in [2.24, 2.45) is 0 Å². The lowest BCUT2D eigenvalue weighted by Gasteiger charge is -1.82. The van der Waals surface area contributed by atoms with Gasteiger partial charge < -0.3 is 19.5 Å². The first-order valence-electron chi connectivity index (χ1n) is 2.63. The van der Waals surface area contributed by atoms with Crippen LogP contribution in [0.4, 0.5) is 0 Å². The maximum absolute atomic E-state index is 9.40. The normalized spacial score (nSPS) is 9.60. The van der Waals surface area contributed by atoms with Gasteiger partial charge in [-0.05, 0) is 6.42 Å². The predicted octanol–water partition coefficient (Wildman–Crippen LogP) is 0.0568. The molecule has 0 aromatic rings. The van der Waals surface area contributed by atoms with Gasteiger partial charge in [-0.15, -0.1) is 0 Å². The molecule has 62 valence electrons. The third-order valence-corrected chi connectivity index (χ3v) is 0.407. The SMILES string of the molecule is CCCC=O.O=P(O)(O)O. The molecule has 0 spiro atoms. The van der Waals surface area contributed by atoms with Crippen molar-refractivity contribution in [2.45, 2.75) is 19.8 Å². The van der Waals surface area contributed by atoms with Crippen molar-refractivity contribution in [3.63, 3.8) is 0 Å². The molecule has 0 aliphatic rings. The van der Waals surface area contributed by atoms with E-state index in [4.69, 9.17) is 19.2 Å². The topological polar surface area (TPSA) is 94.8 Å². The van der Waals surface area contributed by atoms with Gasteiger partial charge in [0, 0.05) is 6.42 Å². The van der Waals surface area contributed by atoms with Gasteiger partial charge in [0.1, 0.15) is 6.29 Å². The Balaban J connectivity index is 0. The van der Waals surface area contributed by atoms with Gasteiger partial charge >= 0.3 is 7.82 Å². The lowest BCUT2D eigenvalue weighted by atomic mass is 10.4. The Morgan fingerprint density at radius 2 is 1.70 bits per heavy atom. The molecule has 0 rings (SSSR count). The number of carbonyl (C=O) groups is 1. The maximum Gasteiger partial charge on any atom is 0.466 e. The molecule has 0 aliphatic heterocycles. The molecule has 10 heavy (non-hydrogen) atoms. The highest BCUT2D eigenvalue weighted by Gasteiger charge is 2.00. The van der Waals surface area contributed by atoms with E-state index in [2.05, 4.69) is 0 Å². The Labute approximate surface area is 58.9 Å². The van der Waals surface area contributed by atoms with Crippen LogP contribution in [0.15, 0.2) is 0 Å². The van der Waals surface area contributed by atoms with E-state index in [9.17, 15) is 4.79 Å². The molecule has 6 heteroatoms. The van der Waals surface area contributed by atoms with Crippen molar-refractivity contribution in [2.75, 3.05) is 0 Å². The number of hydrogen-bond acceptors (Lipinski definition) is 2. The van der Waals surface area contributed by atoms with Crippen LogP contribution >= 0.6 is 7.82 Å². The van der Waals surface area contributed by atoms with Gasteiger partial charge in [0.05, 0.1) is 0 Å². The van der Waals surface area contributed by atoms with Crippen molar-refractivity contribution in [1.29, 1.82) is 0 Å². The Kier molecular flexibility index (Phi) is 8.59. The van der Waals surface area contributed by atoms with Gasteiger partial charge in [-0.2, -0.15) is 0 Å². The van der Waals surface area contributed by atoms with Crippen molar-refractivity contribution in [3.05, 3.63) is 0 Å². The monoisotopic (exact) mass is 170 g/mol. The summed E-state index contributed by atoms with van der Waals surface area (Å²) in [4.78, 5) is 31.0. The van der Waals surface area contributed by atoms with Gasteiger partial charge in [0.25, 0.3) is 0 Å². The fourth-order valence-corrected chi connectivity index (χ4v) is 0.118. The average molecular weight is 170 g/mol. The summed E-state index contributed by atoms with van der Waals surface area (Å²) in [6.07, 6.45) is 2.61. The van der Waals surface area contributed by atoms with Crippen LogP contribution in [0.5, 0.6) is 0 Å². The molecule has 5 nitrogen and oxygen atoms in total. The van der Waals surface area contributed by atoms with Gasteiger partial charge in [-0.1, -0.05) is 6.92 Å². The Bertz CT molecular complexity index is 109. The van der Waals surface area contributed by atoms with Crippen LogP contribution < -0.4 is 0 Å².